The Morgan fingerprint density at radius 3 is 2.30 bits per heavy atom. The van der Waals surface area contributed by atoms with Gasteiger partial charge in [-0.05, 0) is 42.9 Å². The molecule has 3 heterocycles. The van der Waals surface area contributed by atoms with E-state index in [4.69, 9.17) is 0 Å². The molecule has 5 rings (SSSR count). The van der Waals surface area contributed by atoms with Crippen molar-refractivity contribution in [3.05, 3.63) is 29.6 Å². The molecule has 0 aromatic heterocycles. The van der Waals surface area contributed by atoms with Crippen LogP contribution in [-0.2, 0) is 19.2 Å². The third-order valence-electron chi connectivity index (χ3n) is 9.93. The van der Waals surface area contributed by atoms with Crippen molar-refractivity contribution in [2.75, 3.05) is 31.5 Å². The molecule has 7 atom stereocenters. The topological polar surface area (TPSA) is 131 Å². The average Bonchev–Trinajstić information content (AvgIpc) is 3.27. The van der Waals surface area contributed by atoms with Crippen LogP contribution in [-0.4, -0.2) is 95.1 Å². The van der Waals surface area contributed by atoms with Gasteiger partial charge in [0.1, 0.15) is 23.6 Å². The molecule has 4 unspecified atom stereocenters. The number of anilines is 1. The van der Waals surface area contributed by atoms with Crippen LogP contribution in [0.25, 0.3) is 0 Å². The van der Waals surface area contributed by atoms with Crippen molar-refractivity contribution >= 4 is 29.3 Å². The highest BCUT2D eigenvalue weighted by Gasteiger charge is 2.69. The van der Waals surface area contributed by atoms with Gasteiger partial charge in [-0.3, -0.25) is 19.2 Å². The molecule has 4 amide bonds. The number of nitrogens with one attached hydrogen (secondary N) is 3. The van der Waals surface area contributed by atoms with Crippen LogP contribution >= 0.6 is 0 Å². The maximum Gasteiger partial charge on any atom is 0.389 e. The monoisotopic (exact) mass is 661 g/mol. The first-order valence-corrected chi connectivity index (χ1v) is 15.3. The number of likely N-dealkylation sites (tertiary alicyclic amines) is 2. The predicted octanol–water partition coefficient (Wildman–Crippen LogP) is 2.31. The quantitative estimate of drug-likeness (QED) is 0.270. The number of hydrogen-bond donors (Lipinski definition) is 4. The Morgan fingerprint density at radius 1 is 1.11 bits per heavy atom. The van der Waals surface area contributed by atoms with Crippen LogP contribution in [0.3, 0.4) is 0 Å². The maximum absolute atomic E-state index is 14.5. The molecule has 1 aromatic rings. The Balaban J connectivity index is 1.40. The summed E-state index contributed by atoms with van der Waals surface area (Å²) in [7, 11) is 0. The van der Waals surface area contributed by atoms with E-state index in [-0.39, 0.29) is 24.8 Å². The number of carbonyl (C=O) groups excluding carboxylic acids is 4. The van der Waals surface area contributed by atoms with Crippen molar-refractivity contribution in [2.45, 2.75) is 76.4 Å². The van der Waals surface area contributed by atoms with E-state index >= 15 is 0 Å². The second-order valence-electron chi connectivity index (χ2n) is 13.2. The second kappa shape index (κ2) is 12.6. The number of piperidine rings is 1. The van der Waals surface area contributed by atoms with Crippen molar-refractivity contribution in [1.29, 1.82) is 0 Å². The number of nitrogens with zero attached hydrogens (tertiary/aromatic N) is 2. The van der Waals surface area contributed by atoms with Crippen LogP contribution in [0.2, 0.25) is 0 Å². The Morgan fingerprint density at radius 2 is 1.76 bits per heavy atom. The van der Waals surface area contributed by atoms with Crippen molar-refractivity contribution < 1.29 is 50.6 Å². The fourth-order valence-electron chi connectivity index (χ4n) is 7.04. The number of aliphatic hydroxyl groups is 1. The highest BCUT2D eigenvalue weighted by molar-refractivity contribution is 5.93. The van der Waals surface area contributed by atoms with Gasteiger partial charge in [0.05, 0.1) is 6.04 Å². The first kappa shape index (κ1) is 33.8. The Kier molecular flexibility index (Phi) is 9.23. The number of benzene rings is 1. The molecule has 3 aliphatic heterocycles. The van der Waals surface area contributed by atoms with Gasteiger partial charge in [-0.15, -0.1) is 0 Å². The number of hydrogen-bond acceptors (Lipinski definition) is 6. The van der Waals surface area contributed by atoms with Gasteiger partial charge < -0.3 is 30.9 Å². The molecule has 1 saturated carbocycles. The minimum atomic E-state index is -4.73. The van der Waals surface area contributed by atoms with Gasteiger partial charge in [0.25, 0.3) is 5.91 Å². The molecule has 1 aromatic carbocycles. The molecular formula is C30H37F6N5O5. The SMILES string of the molecule is CC1(C)C2CN(C(=O)[C@@H](CCC(F)(F)F)Nc3c(F)cc(F)cc3F)C(C(=O)N[C@@H](C[C@@H]3CCNC3=O)C(O)C(=O)N3CCC3)C21. The van der Waals surface area contributed by atoms with Gasteiger partial charge in [0, 0.05) is 50.7 Å². The van der Waals surface area contributed by atoms with E-state index in [1.165, 1.54) is 4.90 Å². The van der Waals surface area contributed by atoms with Crippen molar-refractivity contribution in [3.63, 3.8) is 0 Å². The van der Waals surface area contributed by atoms with Gasteiger partial charge in [0.15, 0.2) is 17.7 Å². The lowest BCUT2D eigenvalue weighted by molar-refractivity contribution is -0.149. The molecule has 3 saturated heterocycles. The maximum atomic E-state index is 14.5. The zero-order chi connectivity index (χ0) is 33.7. The summed E-state index contributed by atoms with van der Waals surface area (Å²) < 4.78 is 82.2. The number of rotatable bonds is 11. The zero-order valence-electron chi connectivity index (χ0n) is 25.3. The smallest absolute Gasteiger partial charge is 0.381 e. The van der Waals surface area contributed by atoms with Gasteiger partial charge in [0.2, 0.25) is 17.7 Å². The summed E-state index contributed by atoms with van der Waals surface area (Å²) in [5.74, 6) is -8.20. The molecule has 254 valence electrons. The molecule has 46 heavy (non-hydrogen) atoms. The molecule has 0 bridgehead atoms. The Labute approximate surface area is 261 Å². The largest absolute Gasteiger partial charge is 0.389 e. The highest BCUT2D eigenvalue weighted by atomic mass is 19.4. The van der Waals surface area contributed by atoms with Crippen LogP contribution < -0.4 is 16.0 Å². The standard InChI is InChI=1S/C30H37F6N5O5/c1-29(2)16-13-41(27(45)19(4-6-30(34,35)36)38-22-17(32)11-15(31)12-18(22)33)23(21(16)29)26(44)39-20(10-14-5-7-37-25(14)43)24(42)28(46)40-8-3-9-40/h11-12,14,16,19-21,23-24,38,42H,3-10,13H2,1-2H3,(H,37,43)(H,39,44)/t14-,16?,19+,20-,21?,23?,24?/m0/s1. The van der Waals surface area contributed by atoms with Crippen LogP contribution in [0.15, 0.2) is 12.1 Å². The van der Waals surface area contributed by atoms with E-state index in [0.717, 1.165) is 11.3 Å². The van der Waals surface area contributed by atoms with Crippen LogP contribution in [0.4, 0.5) is 32.0 Å². The van der Waals surface area contributed by atoms with Crippen LogP contribution in [0.5, 0.6) is 0 Å². The number of aliphatic hydroxyl groups excluding tert-OH is 1. The molecule has 4 aliphatic rings. The summed E-state index contributed by atoms with van der Waals surface area (Å²) in [5.41, 5.74) is -1.44. The molecular weight excluding hydrogens is 624 g/mol. The third kappa shape index (κ3) is 6.76. The van der Waals surface area contributed by atoms with E-state index in [1.807, 2.05) is 13.8 Å². The lowest BCUT2D eigenvalue weighted by Gasteiger charge is -2.37. The normalized spacial score (nSPS) is 26.8. The van der Waals surface area contributed by atoms with Crippen LogP contribution in [0.1, 0.15) is 46.0 Å². The van der Waals surface area contributed by atoms with E-state index < -0.39 is 101 Å². The molecule has 0 spiro atoms. The zero-order valence-corrected chi connectivity index (χ0v) is 25.3. The van der Waals surface area contributed by atoms with Gasteiger partial charge >= 0.3 is 6.18 Å². The summed E-state index contributed by atoms with van der Waals surface area (Å²) in [6.07, 6.45) is -7.79. The number of carbonyl (C=O) groups is 4. The molecule has 16 heteroatoms. The van der Waals surface area contributed by atoms with Gasteiger partial charge in [-0.1, -0.05) is 13.8 Å². The Bertz CT molecular complexity index is 1370. The van der Waals surface area contributed by atoms with Crippen molar-refractivity contribution in [3.8, 4) is 0 Å². The number of fused-ring (bicyclic) bond motifs is 1. The van der Waals surface area contributed by atoms with Crippen molar-refractivity contribution in [1.82, 2.24) is 20.4 Å². The van der Waals surface area contributed by atoms with E-state index in [1.54, 1.807) is 0 Å². The number of halogens is 6. The van der Waals surface area contributed by atoms with Gasteiger partial charge in [-0.25, -0.2) is 13.2 Å². The van der Waals surface area contributed by atoms with Crippen LogP contribution in [0, 0.1) is 40.6 Å². The molecule has 4 fully saturated rings. The summed E-state index contributed by atoms with van der Waals surface area (Å²) in [5, 5.41) is 18.6. The summed E-state index contributed by atoms with van der Waals surface area (Å²) >= 11 is 0. The minimum absolute atomic E-state index is 0.0435. The number of amides is 4. The molecule has 10 nitrogen and oxygen atoms in total. The second-order valence-corrected chi connectivity index (χ2v) is 13.2. The summed E-state index contributed by atoms with van der Waals surface area (Å²) in [6.45, 7) is 4.89. The fourth-order valence-corrected chi connectivity index (χ4v) is 7.04. The van der Waals surface area contributed by atoms with Crippen molar-refractivity contribution in [2.24, 2.45) is 23.2 Å². The predicted molar refractivity (Wildman–Crippen MR) is 150 cm³/mol. The lowest BCUT2D eigenvalue weighted by atomic mass is 9.93. The molecule has 4 N–H and O–H groups in total. The van der Waals surface area contributed by atoms with Gasteiger partial charge in [-0.2, -0.15) is 13.2 Å². The number of alkyl halides is 3. The minimum Gasteiger partial charge on any atom is -0.381 e. The van der Waals surface area contributed by atoms with E-state index in [2.05, 4.69) is 16.0 Å². The molecule has 0 radical (unpaired) electrons. The Hall–Kier alpha value is -3.56. The lowest BCUT2D eigenvalue weighted by Crippen LogP contribution is -2.59. The van der Waals surface area contributed by atoms with E-state index in [0.29, 0.717) is 38.2 Å². The average molecular weight is 662 g/mol. The molecule has 1 aliphatic carbocycles. The fraction of sp³-hybridized carbons (Fsp3) is 0.667. The van der Waals surface area contributed by atoms with E-state index in [9.17, 15) is 50.6 Å². The summed E-state index contributed by atoms with van der Waals surface area (Å²) in [6, 6.07) is -3.68. The third-order valence-corrected chi connectivity index (χ3v) is 9.93. The highest BCUT2D eigenvalue weighted by Crippen LogP contribution is 2.65. The first-order valence-electron chi connectivity index (χ1n) is 15.3. The summed E-state index contributed by atoms with van der Waals surface area (Å²) in [4.78, 5) is 55.6. The first-order chi connectivity index (χ1) is 21.5.